The molecule has 5 heteroatoms. The summed E-state index contributed by atoms with van der Waals surface area (Å²) in [5, 5.41) is 0. The second kappa shape index (κ2) is 6.34. The van der Waals surface area contributed by atoms with Crippen LogP contribution in [0, 0.1) is 13.8 Å². The van der Waals surface area contributed by atoms with Gasteiger partial charge in [-0.1, -0.05) is 12.1 Å². The van der Waals surface area contributed by atoms with E-state index in [9.17, 15) is 0 Å². The van der Waals surface area contributed by atoms with E-state index >= 15 is 0 Å². The van der Waals surface area contributed by atoms with Crippen LogP contribution in [0.3, 0.4) is 0 Å². The number of aryl methyl sites for hydroxylation is 2. The van der Waals surface area contributed by atoms with Crippen molar-refractivity contribution in [2.45, 2.75) is 27.3 Å². The highest BCUT2D eigenvalue weighted by Gasteiger charge is 2.09. The normalized spacial score (nSPS) is 10.4. The molecule has 1 aromatic carbocycles. The lowest BCUT2D eigenvalue weighted by molar-refractivity contribution is 0.775. The molecular weight excluding hydrogens is 250 g/mol. The molecule has 2 aromatic rings. The summed E-state index contributed by atoms with van der Waals surface area (Å²) < 4.78 is 0. The third kappa shape index (κ3) is 3.45. The molecule has 2 rings (SSSR count). The highest BCUT2D eigenvalue weighted by molar-refractivity contribution is 5.48. The Morgan fingerprint density at radius 3 is 2.65 bits per heavy atom. The molecule has 0 aliphatic carbocycles. The van der Waals surface area contributed by atoms with E-state index in [-0.39, 0.29) is 0 Å². The Bertz CT molecular complexity index is 582. The first-order chi connectivity index (χ1) is 9.62. The SMILES string of the molecule is CCN(Cc1nc(C)cc(NN)n1)c1cccc(C)c1. The highest BCUT2D eigenvalue weighted by atomic mass is 15.3. The van der Waals surface area contributed by atoms with Crippen LogP contribution in [0.5, 0.6) is 0 Å². The summed E-state index contributed by atoms with van der Waals surface area (Å²) in [7, 11) is 0. The van der Waals surface area contributed by atoms with Gasteiger partial charge in [0, 0.05) is 24.0 Å². The largest absolute Gasteiger partial charge is 0.364 e. The molecule has 0 spiro atoms. The lowest BCUT2D eigenvalue weighted by Gasteiger charge is -2.23. The summed E-state index contributed by atoms with van der Waals surface area (Å²) in [6.45, 7) is 7.72. The number of benzene rings is 1. The minimum absolute atomic E-state index is 0.646. The fourth-order valence-electron chi connectivity index (χ4n) is 2.16. The zero-order valence-corrected chi connectivity index (χ0v) is 12.2. The van der Waals surface area contributed by atoms with Crippen molar-refractivity contribution in [3.8, 4) is 0 Å². The van der Waals surface area contributed by atoms with Crippen LogP contribution in [0.1, 0.15) is 24.0 Å². The van der Waals surface area contributed by atoms with Crippen LogP contribution in [-0.2, 0) is 6.54 Å². The molecule has 1 heterocycles. The van der Waals surface area contributed by atoms with E-state index in [1.165, 1.54) is 11.3 Å². The van der Waals surface area contributed by atoms with E-state index in [0.717, 1.165) is 18.1 Å². The quantitative estimate of drug-likeness (QED) is 0.645. The average Bonchev–Trinajstić information content (AvgIpc) is 2.44. The number of hydrogen-bond acceptors (Lipinski definition) is 5. The monoisotopic (exact) mass is 271 g/mol. The number of nitrogen functional groups attached to an aromatic ring is 1. The first kappa shape index (κ1) is 14.3. The van der Waals surface area contributed by atoms with E-state index in [2.05, 4.69) is 58.4 Å². The summed E-state index contributed by atoms with van der Waals surface area (Å²) >= 11 is 0. The molecule has 0 amide bonds. The van der Waals surface area contributed by atoms with Gasteiger partial charge >= 0.3 is 0 Å². The van der Waals surface area contributed by atoms with E-state index in [4.69, 9.17) is 5.84 Å². The van der Waals surface area contributed by atoms with Gasteiger partial charge in [0.1, 0.15) is 11.6 Å². The minimum Gasteiger partial charge on any atom is -0.364 e. The Hall–Kier alpha value is -2.14. The second-order valence-electron chi connectivity index (χ2n) is 4.81. The van der Waals surface area contributed by atoms with E-state index in [1.807, 2.05) is 13.0 Å². The number of hydrazine groups is 1. The molecule has 1 aromatic heterocycles. The molecule has 20 heavy (non-hydrogen) atoms. The maximum absolute atomic E-state index is 5.43. The first-order valence-corrected chi connectivity index (χ1v) is 6.75. The zero-order chi connectivity index (χ0) is 14.5. The van der Waals surface area contributed by atoms with Gasteiger partial charge < -0.3 is 10.3 Å². The van der Waals surface area contributed by atoms with Gasteiger partial charge in [-0.3, -0.25) is 0 Å². The van der Waals surface area contributed by atoms with Crippen LogP contribution in [0.15, 0.2) is 30.3 Å². The van der Waals surface area contributed by atoms with Crippen LogP contribution >= 0.6 is 0 Å². The van der Waals surface area contributed by atoms with Crippen molar-refractivity contribution < 1.29 is 0 Å². The summed E-state index contributed by atoms with van der Waals surface area (Å²) in [4.78, 5) is 11.1. The molecule has 0 bridgehead atoms. The lowest BCUT2D eigenvalue weighted by atomic mass is 10.2. The molecular formula is C15H21N5. The van der Waals surface area contributed by atoms with Crippen molar-refractivity contribution >= 4 is 11.5 Å². The molecule has 0 aliphatic heterocycles. The van der Waals surface area contributed by atoms with Crippen molar-refractivity contribution in [2.75, 3.05) is 16.9 Å². The van der Waals surface area contributed by atoms with Crippen molar-refractivity contribution in [2.24, 2.45) is 5.84 Å². The van der Waals surface area contributed by atoms with Crippen molar-refractivity contribution in [1.82, 2.24) is 9.97 Å². The summed E-state index contributed by atoms with van der Waals surface area (Å²) in [5.74, 6) is 6.84. The third-order valence-electron chi connectivity index (χ3n) is 3.13. The number of rotatable bonds is 5. The predicted octanol–water partition coefficient (Wildman–Crippen LogP) is 2.41. The van der Waals surface area contributed by atoms with Crippen LogP contribution in [0.25, 0.3) is 0 Å². The molecule has 106 valence electrons. The van der Waals surface area contributed by atoms with Crippen LogP contribution in [0.4, 0.5) is 11.5 Å². The van der Waals surface area contributed by atoms with Gasteiger partial charge in [-0.25, -0.2) is 15.8 Å². The number of aromatic nitrogens is 2. The zero-order valence-electron chi connectivity index (χ0n) is 12.2. The minimum atomic E-state index is 0.646. The molecule has 0 saturated carbocycles. The number of hydrogen-bond donors (Lipinski definition) is 2. The Balaban J connectivity index is 2.24. The third-order valence-corrected chi connectivity index (χ3v) is 3.13. The molecule has 0 atom stereocenters. The second-order valence-corrected chi connectivity index (χ2v) is 4.81. The fourth-order valence-corrected chi connectivity index (χ4v) is 2.16. The summed E-state index contributed by atoms with van der Waals surface area (Å²) in [6.07, 6.45) is 0. The Morgan fingerprint density at radius 2 is 2.00 bits per heavy atom. The molecule has 0 unspecified atom stereocenters. The van der Waals surface area contributed by atoms with Crippen LogP contribution in [0.2, 0.25) is 0 Å². The van der Waals surface area contributed by atoms with Crippen molar-refractivity contribution in [1.29, 1.82) is 0 Å². The Morgan fingerprint density at radius 1 is 1.20 bits per heavy atom. The number of nitrogens with zero attached hydrogens (tertiary/aromatic N) is 3. The first-order valence-electron chi connectivity index (χ1n) is 6.75. The number of anilines is 2. The van der Waals surface area contributed by atoms with E-state index < -0.39 is 0 Å². The van der Waals surface area contributed by atoms with Crippen molar-refractivity contribution in [3.63, 3.8) is 0 Å². The highest BCUT2D eigenvalue weighted by Crippen LogP contribution is 2.18. The standard InChI is InChI=1S/C15H21N5/c1-4-20(13-7-5-6-11(2)8-13)10-15-17-12(3)9-14(18-15)19-16/h5-9H,4,10,16H2,1-3H3,(H,17,18,19). The summed E-state index contributed by atoms with van der Waals surface area (Å²) in [6, 6.07) is 10.3. The smallest absolute Gasteiger partial charge is 0.150 e. The molecule has 0 aliphatic rings. The van der Waals surface area contributed by atoms with Gasteiger partial charge in [-0.15, -0.1) is 0 Å². The Kier molecular flexibility index (Phi) is 4.53. The van der Waals surface area contributed by atoms with Gasteiger partial charge in [-0.05, 0) is 38.5 Å². The van der Waals surface area contributed by atoms with E-state index in [0.29, 0.717) is 12.4 Å². The summed E-state index contributed by atoms with van der Waals surface area (Å²) in [5.41, 5.74) is 5.91. The van der Waals surface area contributed by atoms with Gasteiger partial charge in [0.2, 0.25) is 0 Å². The van der Waals surface area contributed by atoms with Gasteiger partial charge in [0.05, 0.1) is 6.54 Å². The topological polar surface area (TPSA) is 67.1 Å². The van der Waals surface area contributed by atoms with Gasteiger partial charge in [0.15, 0.2) is 0 Å². The van der Waals surface area contributed by atoms with E-state index in [1.54, 1.807) is 0 Å². The molecule has 0 saturated heterocycles. The van der Waals surface area contributed by atoms with Gasteiger partial charge in [-0.2, -0.15) is 0 Å². The molecule has 5 nitrogen and oxygen atoms in total. The maximum atomic E-state index is 5.43. The van der Waals surface area contributed by atoms with Crippen molar-refractivity contribution in [3.05, 3.63) is 47.4 Å². The number of nitrogens with one attached hydrogen (secondary N) is 1. The average molecular weight is 271 g/mol. The molecule has 0 fully saturated rings. The number of nitrogens with two attached hydrogens (primary N) is 1. The van der Waals surface area contributed by atoms with Gasteiger partial charge in [0.25, 0.3) is 0 Å². The Labute approximate surface area is 119 Å². The van der Waals surface area contributed by atoms with Crippen LogP contribution < -0.4 is 16.2 Å². The maximum Gasteiger partial charge on any atom is 0.150 e. The lowest BCUT2D eigenvalue weighted by Crippen LogP contribution is -2.24. The van der Waals surface area contributed by atoms with Crippen LogP contribution in [-0.4, -0.2) is 16.5 Å². The molecule has 3 N–H and O–H groups in total. The fraction of sp³-hybridized carbons (Fsp3) is 0.333. The predicted molar refractivity (Wildman–Crippen MR) is 82.5 cm³/mol. The molecule has 0 radical (unpaired) electrons.